The van der Waals surface area contributed by atoms with E-state index in [9.17, 15) is 9.59 Å². The SMILES string of the molecule is C/C=C/C(=O)c1coc(=O)cc1OC. The van der Waals surface area contributed by atoms with Crippen molar-refractivity contribution in [3.63, 3.8) is 0 Å². The summed E-state index contributed by atoms with van der Waals surface area (Å²) in [5, 5.41) is 0. The maximum atomic E-state index is 11.4. The van der Waals surface area contributed by atoms with Gasteiger partial charge in [0.1, 0.15) is 12.0 Å². The number of carbonyl (C=O) groups is 1. The van der Waals surface area contributed by atoms with Crippen LogP contribution in [-0.4, -0.2) is 12.9 Å². The molecule has 1 aromatic rings. The maximum absolute atomic E-state index is 11.4. The highest BCUT2D eigenvalue weighted by Gasteiger charge is 2.10. The third-order valence-corrected chi connectivity index (χ3v) is 1.61. The van der Waals surface area contributed by atoms with Gasteiger partial charge in [-0.2, -0.15) is 0 Å². The average Bonchev–Trinajstić information content (AvgIpc) is 2.17. The normalized spacial score (nSPS) is 10.4. The summed E-state index contributed by atoms with van der Waals surface area (Å²) >= 11 is 0. The molecule has 14 heavy (non-hydrogen) atoms. The molecule has 74 valence electrons. The highest BCUT2D eigenvalue weighted by molar-refractivity contribution is 6.06. The zero-order chi connectivity index (χ0) is 10.6. The van der Waals surface area contributed by atoms with Crippen LogP contribution < -0.4 is 10.4 Å². The Labute approximate surface area is 80.8 Å². The van der Waals surface area contributed by atoms with Crippen molar-refractivity contribution < 1.29 is 13.9 Å². The van der Waals surface area contributed by atoms with Gasteiger partial charge in [0, 0.05) is 0 Å². The van der Waals surface area contributed by atoms with Gasteiger partial charge in [0.2, 0.25) is 0 Å². The first-order chi connectivity index (χ1) is 6.69. The first-order valence-corrected chi connectivity index (χ1v) is 4.03. The molecule has 0 saturated heterocycles. The zero-order valence-corrected chi connectivity index (χ0v) is 7.94. The van der Waals surface area contributed by atoms with Crippen LogP contribution >= 0.6 is 0 Å². The number of carbonyl (C=O) groups excluding carboxylic acids is 1. The molecular weight excluding hydrogens is 184 g/mol. The standard InChI is InChI=1S/C10H10O4/c1-3-4-8(11)7-6-14-10(12)5-9(7)13-2/h3-6H,1-2H3/b4-3+. The highest BCUT2D eigenvalue weighted by atomic mass is 16.5. The second kappa shape index (κ2) is 4.41. The Balaban J connectivity index is 3.20. The summed E-state index contributed by atoms with van der Waals surface area (Å²) in [4.78, 5) is 22.2. The molecule has 4 heteroatoms. The summed E-state index contributed by atoms with van der Waals surface area (Å²) in [5.74, 6) is -0.0301. The minimum absolute atomic E-state index is 0.226. The van der Waals surface area contributed by atoms with Crippen molar-refractivity contribution in [2.45, 2.75) is 6.92 Å². The van der Waals surface area contributed by atoms with Crippen LogP contribution in [0.4, 0.5) is 0 Å². The smallest absolute Gasteiger partial charge is 0.339 e. The summed E-state index contributed by atoms with van der Waals surface area (Å²) in [6.45, 7) is 1.73. The van der Waals surface area contributed by atoms with Crippen molar-refractivity contribution in [2.24, 2.45) is 0 Å². The van der Waals surface area contributed by atoms with E-state index in [1.165, 1.54) is 13.2 Å². The van der Waals surface area contributed by atoms with Gasteiger partial charge in [-0.1, -0.05) is 6.08 Å². The first kappa shape index (κ1) is 10.2. The molecule has 0 aliphatic heterocycles. The zero-order valence-electron chi connectivity index (χ0n) is 7.94. The topological polar surface area (TPSA) is 56.5 Å². The fourth-order valence-electron chi connectivity index (χ4n) is 0.983. The largest absolute Gasteiger partial charge is 0.496 e. The van der Waals surface area contributed by atoms with E-state index in [2.05, 4.69) is 4.42 Å². The molecule has 1 heterocycles. The molecule has 4 nitrogen and oxygen atoms in total. The molecule has 0 amide bonds. The van der Waals surface area contributed by atoms with Crippen molar-refractivity contribution in [2.75, 3.05) is 7.11 Å². The number of allylic oxidation sites excluding steroid dienone is 2. The predicted octanol–water partition coefficient (Wildman–Crippen LogP) is 1.41. The van der Waals surface area contributed by atoms with Gasteiger partial charge in [-0.3, -0.25) is 4.79 Å². The van der Waals surface area contributed by atoms with Crippen molar-refractivity contribution in [1.29, 1.82) is 0 Å². The Morgan fingerprint density at radius 1 is 1.57 bits per heavy atom. The lowest BCUT2D eigenvalue weighted by Gasteiger charge is -2.02. The van der Waals surface area contributed by atoms with Gasteiger partial charge in [-0.05, 0) is 13.0 Å². The third-order valence-electron chi connectivity index (χ3n) is 1.61. The van der Waals surface area contributed by atoms with Crippen LogP contribution in [-0.2, 0) is 0 Å². The Bertz CT molecular complexity index is 414. The monoisotopic (exact) mass is 194 g/mol. The minimum Gasteiger partial charge on any atom is -0.496 e. The van der Waals surface area contributed by atoms with E-state index in [0.717, 1.165) is 12.3 Å². The Morgan fingerprint density at radius 2 is 2.29 bits per heavy atom. The Kier molecular flexibility index (Phi) is 3.23. The first-order valence-electron chi connectivity index (χ1n) is 4.03. The van der Waals surface area contributed by atoms with Gasteiger partial charge in [-0.15, -0.1) is 0 Å². The van der Waals surface area contributed by atoms with E-state index in [0.29, 0.717) is 0 Å². The van der Waals surface area contributed by atoms with Gasteiger partial charge < -0.3 is 9.15 Å². The number of hydrogen-bond acceptors (Lipinski definition) is 4. The van der Waals surface area contributed by atoms with E-state index in [1.54, 1.807) is 13.0 Å². The van der Waals surface area contributed by atoms with Crippen LogP contribution in [0.15, 0.2) is 33.7 Å². The lowest BCUT2D eigenvalue weighted by Crippen LogP contribution is -2.04. The Hall–Kier alpha value is -1.84. The maximum Gasteiger partial charge on any atom is 0.339 e. The molecular formula is C10H10O4. The van der Waals surface area contributed by atoms with E-state index in [-0.39, 0.29) is 17.1 Å². The number of rotatable bonds is 3. The molecule has 0 fully saturated rings. The van der Waals surface area contributed by atoms with Crippen molar-refractivity contribution in [3.05, 3.63) is 40.5 Å². The van der Waals surface area contributed by atoms with Crippen LogP contribution in [0.3, 0.4) is 0 Å². The van der Waals surface area contributed by atoms with Crippen LogP contribution in [0.25, 0.3) is 0 Å². The van der Waals surface area contributed by atoms with Crippen LogP contribution in [0.1, 0.15) is 17.3 Å². The van der Waals surface area contributed by atoms with Gasteiger partial charge in [0.25, 0.3) is 0 Å². The summed E-state index contributed by atoms with van der Waals surface area (Å²) in [6, 6.07) is 1.14. The number of ketones is 1. The molecule has 0 saturated carbocycles. The summed E-state index contributed by atoms with van der Waals surface area (Å²) < 4.78 is 9.46. The molecule has 0 spiro atoms. The second-order valence-electron chi connectivity index (χ2n) is 2.55. The number of hydrogen-bond donors (Lipinski definition) is 0. The molecule has 0 radical (unpaired) electrons. The fourth-order valence-corrected chi connectivity index (χ4v) is 0.983. The summed E-state index contributed by atoms with van der Waals surface area (Å²) in [5.41, 5.74) is -0.302. The average molecular weight is 194 g/mol. The molecule has 0 atom stereocenters. The molecule has 0 aliphatic rings. The number of ether oxygens (including phenoxy) is 1. The number of methoxy groups -OCH3 is 1. The second-order valence-corrected chi connectivity index (χ2v) is 2.55. The molecule has 0 bridgehead atoms. The van der Waals surface area contributed by atoms with E-state index in [4.69, 9.17) is 4.74 Å². The van der Waals surface area contributed by atoms with E-state index < -0.39 is 5.63 Å². The molecule has 1 rings (SSSR count). The van der Waals surface area contributed by atoms with E-state index >= 15 is 0 Å². The summed E-state index contributed by atoms with van der Waals surface area (Å²) in [6.07, 6.45) is 4.08. The highest BCUT2D eigenvalue weighted by Crippen LogP contribution is 2.15. The minimum atomic E-state index is -0.543. The molecule has 0 aliphatic carbocycles. The molecule has 0 unspecified atom stereocenters. The van der Waals surface area contributed by atoms with Crippen molar-refractivity contribution >= 4 is 5.78 Å². The molecule has 0 aromatic carbocycles. The van der Waals surface area contributed by atoms with Crippen LogP contribution in [0.2, 0.25) is 0 Å². The van der Waals surface area contributed by atoms with E-state index in [1.807, 2.05) is 0 Å². The predicted molar refractivity (Wildman–Crippen MR) is 50.7 cm³/mol. The van der Waals surface area contributed by atoms with Gasteiger partial charge in [0.15, 0.2) is 5.78 Å². The lowest BCUT2D eigenvalue weighted by molar-refractivity contribution is 0.104. The molecule has 0 N–H and O–H groups in total. The van der Waals surface area contributed by atoms with Gasteiger partial charge in [0.05, 0.1) is 18.7 Å². The van der Waals surface area contributed by atoms with Gasteiger partial charge >= 0.3 is 5.63 Å². The molecule has 1 aromatic heterocycles. The van der Waals surface area contributed by atoms with Gasteiger partial charge in [-0.25, -0.2) is 4.79 Å². The quantitative estimate of drug-likeness (QED) is 0.539. The third kappa shape index (κ3) is 2.10. The summed E-state index contributed by atoms with van der Waals surface area (Å²) in [7, 11) is 1.39. The van der Waals surface area contributed by atoms with Crippen LogP contribution in [0, 0.1) is 0 Å². The lowest BCUT2D eigenvalue weighted by atomic mass is 10.2. The van der Waals surface area contributed by atoms with Crippen molar-refractivity contribution in [1.82, 2.24) is 0 Å². The van der Waals surface area contributed by atoms with Crippen molar-refractivity contribution in [3.8, 4) is 5.75 Å². The fraction of sp³-hybridized carbons (Fsp3) is 0.200. The Morgan fingerprint density at radius 3 is 2.86 bits per heavy atom. The van der Waals surface area contributed by atoms with Crippen LogP contribution in [0.5, 0.6) is 5.75 Å².